The van der Waals surface area contributed by atoms with E-state index in [4.69, 9.17) is 10.8 Å². The van der Waals surface area contributed by atoms with Gasteiger partial charge < -0.3 is 10.8 Å². The second kappa shape index (κ2) is 4.09. The SMILES string of the molecule is Nc1cccc(-c2nc3cc(C(=O)O)ccn3n2)c1. The van der Waals surface area contributed by atoms with Gasteiger partial charge in [0.05, 0.1) is 5.56 Å². The smallest absolute Gasteiger partial charge is 0.335 e. The Balaban J connectivity index is 2.14. The lowest BCUT2D eigenvalue weighted by molar-refractivity contribution is 0.0697. The summed E-state index contributed by atoms with van der Waals surface area (Å²) in [6.07, 6.45) is 1.57. The second-order valence-electron chi connectivity index (χ2n) is 4.08. The maximum absolute atomic E-state index is 10.9. The second-order valence-corrected chi connectivity index (χ2v) is 4.08. The fraction of sp³-hybridized carbons (Fsp3) is 0. The summed E-state index contributed by atoms with van der Waals surface area (Å²) < 4.78 is 1.53. The number of carboxylic acid groups (broad SMARTS) is 1. The van der Waals surface area contributed by atoms with Crippen LogP contribution in [0, 0.1) is 0 Å². The number of aromatic nitrogens is 3. The Morgan fingerprint density at radius 1 is 1.26 bits per heavy atom. The first-order valence-electron chi connectivity index (χ1n) is 5.59. The van der Waals surface area contributed by atoms with Crippen LogP contribution in [0.2, 0.25) is 0 Å². The van der Waals surface area contributed by atoms with Crippen molar-refractivity contribution in [3.05, 3.63) is 48.2 Å². The van der Waals surface area contributed by atoms with E-state index in [1.165, 1.54) is 16.6 Å². The van der Waals surface area contributed by atoms with Gasteiger partial charge in [-0.25, -0.2) is 14.3 Å². The predicted molar refractivity (Wildman–Crippen MR) is 69.8 cm³/mol. The highest BCUT2D eigenvalue weighted by atomic mass is 16.4. The average Bonchev–Trinajstić information content (AvgIpc) is 2.81. The van der Waals surface area contributed by atoms with Crippen molar-refractivity contribution in [2.45, 2.75) is 0 Å². The van der Waals surface area contributed by atoms with Gasteiger partial charge in [-0.1, -0.05) is 12.1 Å². The Morgan fingerprint density at radius 3 is 2.84 bits per heavy atom. The monoisotopic (exact) mass is 254 g/mol. The lowest BCUT2D eigenvalue weighted by Gasteiger charge is -1.95. The minimum absolute atomic E-state index is 0.180. The predicted octanol–water partition coefficient (Wildman–Crippen LogP) is 1.68. The van der Waals surface area contributed by atoms with E-state index in [9.17, 15) is 4.79 Å². The van der Waals surface area contributed by atoms with Gasteiger partial charge >= 0.3 is 5.97 Å². The van der Waals surface area contributed by atoms with Crippen LogP contribution in [0.5, 0.6) is 0 Å². The summed E-state index contributed by atoms with van der Waals surface area (Å²) in [6.45, 7) is 0. The zero-order valence-corrected chi connectivity index (χ0v) is 9.82. The van der Waals surface area contributed by atoms with E-state index in [0.29, 0.717) is 17.2 Å². The van der Waals surface area contributed by atoms with Crippen molar-refractivity contribution in [2.75, 3.05) is 5.73 Å². The van der Waals surface area contributed by atoms with Crippen molar-refractivity contribution in [1.29, 1.82) is 0 Å². The number of nitrogens with two attached hydrogens (primary N) is 1. The van der Waals surface area contributed by atoms with Gasteiger partial charge in [-0.3, -0.25) is 0 Å². The maximum atomic E-state index is 10.9. The molecule has 2 heterocycles. The molecule has 1 aromatic carbocycles. The molecule has 0 spiro atoms. The molecule has 0 atom stereocenters. The lowest BCUT2D eigenvalue weighted by atomic mass is 10.2. The number of rotatable bonds is 2. The number of hydrogen-bond acceptors (Lipinski definition) is 4. The minimum atomic E-state index is -0.990. The lowest BCUT2D eigenvalue weighted by Crippen LogP contribution is -1.97. The molecule has 0 fully saturated rings. The van der Waals surface area contributed by atoms with Crippen molar-refractivity contribution in [3.8, 4) is 11.4 Å². The van der Waals surface area contributed by atoms with Gasteiger partial charge in [-0.15, -0.1) is 5.10 Å². The largest absolute Gasteiger partial charge is 0.478 e. The highest BCUT2D eigenvalue weighted by Gasteiger charge is 2.09. The van der Waals surface area contributed by atoms with Crippen molar-refractivity contribution < 1.29 is 9.90 Å². The molecule has 0 radical (unpaired) electrons. The first-order valence-corrected chi connectivity index (χ1v) is 5.59. The van der Waals surface area contributed by atoms with Gasteiger partial charge in [0.1, 0.15) is 0 Å². The van der Waals surface area contributed by atoms with E-state index in [-0.39, 0.29) is 5.56 Å². The molecule has 0 aliphatic rings. The molecular formula is C13H10N4O2. The Hall–Kier alpha value is -2.89. The molecule has 3 N–H and O–H groups in total. The number of anilines is 1. The standard InChI is InChI=1S/C13H10N4O2/c14-10-3-1-2-8(6-10)12-15-11-7-9(13(18)19)4-5-17(11)16-12/h1-7H,14H2,(H,18,19). The molecule has 0 saturated heterocycles. The third kappa shape index (κ3) is 1.99. The van der Waals surface area contributed by atoms with Crippen LogP contribution in [-0.2, 0) is 0 Å². The molecule has 94 valence electrons. The van der Waals surface area contributed by atoms with E-state index in [0.717, 1.165) is 5.56 Å². The molecule has 3 rings (SSSR count). The fourth-order valence-electron chi connectivity index (χ4n) is 1.81. The number of carbonyl (C=O) groups is 1. The summed E-state index contributed by atoms with van der Waals surface area (Å²) >= 11 is 0. The summed E-state index contributed by atoms with van der Waals surface area (Å²) in [4.78, 5) is 15.2. The molecule has 0 bridgehead atoms. The quantitative estimate of drug-likeness (QED) is 0.678. The molecule has 19 heavy (non-hydrogen) atoms. The molecule has 0 unspecified atom stereocenters. The Kier molecular flexibility index (Phi) is 2.42. The zero-order chi connectivity index (χ0) is 13.4. The number of pyridine rings is 1. The molecule has 0 aliphatic heterocycles. The normalized spacial score (nSPS) is 10.7. The molecule has 3 aromatic rings. The van der Waals surface area contributed by atoms with Gasteiger partial charge in [0, 0.05) is 17.4 Å². The number of aromatic carboxylic acids is 1. The molecule has 0 saturated carbocycles. The van der Waals surface area contributed by atoms with E-state index in [1.807, 2.05) is 12.1 Å². The number of nitrogen functional groups attached to an aromatic ring is 1. The summed E-state index contributed by atoms with van der Waals surface area (Å²) in [5.41, 5.74) is 7.80. The molecule has 2 aromatic heterocycles. The van der Waals surface area contributed by atoms with Gasteiger partial charge in [-0.2, -0.15) is 0 Å². The van der Waals surface area contributed by atoms with Crippen LogP contribution < -0.4 is 5.73 Å². The topological polar surface area (TPSA) is 93.5 Å². The third-order valence-corrected chi connectivity index (χ3v) is 2.73. The summed E-state index contributed by atoms with van der Waals surface area (Å²) in [5, 5.41) is 13.2. The van der Waals surface area contributed by atoms with Crippen molar-refractivity contribution in [2.24, 2.45) is 0 Å². The minimum Gasteiger partial charge on any atom is -0.478 e. The van der Waals surface area contributed by atoms with Crippen LogP contribution in [0.3, 0.4) is 0 Å². The molecular weight excluding hydrogens is 244 g/mol. The highest BCUT2D eigenvalue weighted by molar-refractivity contribution is 5.88. The Morgan fingerprint density at radius 2 is 2.11 bits per heavy atom. The molecule has 6 heteroatoms. The summed E-state index contributed by atoms with van der Waals surface area (Å²) in [6, 6.07) is 10.2. The van der Waals surface area contributed by atoms with E-state index in [1.54, 1.807) is 18.3 Å². The van der Waals surface area contributed by atoms with E-state index < -0.39 is 5.97 Å². The van der Waals surface area contributed by atoms with Crippen LogP contribution in [0.25, 0.3) is 17.0 Å². The average molecular weight is 254 g/mol. The van der Waals surface area contributed by atoms with Crippen molar-refractivity contribution >= 4 is 17.3 Å². The number of nitrogens with zero attached hydrogens (tertiary/aromatic N) is 3. The van der Waals surface area contributed by atoms with Gasteiger partial charge in [-0.05, 0) is 24.3 Å². The highest BCUT2D eigenvalue weighted by Crippen LogP contribution is 2.19. The molecule has 6 nitrogen and oxygen atoms in total. The molecule has 0 aliphatic carbocycles. The Labute approximate surface area is 108 Å². The van der Waals surface area contributed by atoms with Gasteiger partial charge in [0.2, 0.25) is 0 Å². The number of benzene rings is 1. The third-order valence-electron chi connectivity index (χ3n) is 2.73. The fourth-order valence-corrected chi connectivity index (χ4v) is 1.81. The van der Waals surface area contributed by atoms with Crippen LogP contribution in [0.1, 0.15) is 10.4 Å². The van der Waals surface area contributed by atoms with Gasteiger partial charge in [0.25, 0.3) is 0 Å². The van der Waals surface area contributed by atoms with E-state index in [2.05, 4.69) is 10.1 Å². The zero-order valence-electron chi connectivity index (χ0n) is 9.82. The van der Waals surface area contributed by atoms with Gasteiger partial charge in [0.15, 0.2) is 11.5 Å². The summed E-state index contributed by atoms with van der Waals surface area (Å²) in [5.74, 6) is -0.481. The van der Waals surface area contributed by atoms with Crippen molar-refractivity contribution in [1.82, 2.24) is 14.6 Å². The number of carboxylic acids is 1. The first kappa shape index (κ1) is 11.2. The van der Waals surface area contributed by atoms with E-state index >= 15 is 0 Å². The first-order chi connectivity index (χ1) is 9.13. The number of fused-ring (bicyclic) bond motifs is 1. The molecule has 0 amide bonds. The van der Waals surface area contributed by atoms with Crippen LogP contribution in [0.15, 0.2) is 42.6 Å². The van der Waals surface area contributed by atoms with Crippen LogP contribution in [0.4, 0.5) is 5.69 Å². The number of hydrogen-bond donors (Lipinski definition) is 2. The Bertz CT molecular complexity index is 779. The van der Waals surface area contributed by atoms with Crippen LogP contribution >= 0.6 is 0 Å². The van der Waals surface area contributed by atoms with Crippen LogP contribution in [-0.4, -0.2) is 25.7 Å². The summed E-state index contributed by atoms with van der Waals surface area (Å²) in [7, 11) is 0. The van der Waals surface area contributed by atoms with Crippen molar-refractivity contribution in [3.63, 3.8) is 0 Å². The maximum Gasteiger partial charge on any atom is 0.335 e.